The summed E-state index contributed by atoms with van der Waals surface area (Å²) in [6.07, 6.45) is 4.26. The molecule has 33 heavy (non-hydrogen) atoms. The van der Waals surface area contributed by atoms with Crippen LogP contribution in [0.2, 0.25) is 0 Å². The van der Waals surface area contributed by atoms with Gasteiger partial charge in [0, 0.05) is 12.0 Å². The van der Waals surface area contributed by atoms with E-state index in [1.54, 1.807) is 7.11 Å². The number of methoxy groups -OCH3 is 1. The first-order valence-electron chi connectivity index (χ1n) is 11.5. The number of nitrogens with zero attached hydrogens (tertiary/aromatic N) is 1. The monoisotopic (exact) mass is 449 g/mol. The van der Waals surface area contributed by atoms with Gasteiger partial charge in [0.15, 0.2) is 0 Å². The van der Waals surface area contributed by atoms with E-state index in [0.29, 0.717) is 25.5 Å². The van der Waals surface area contributed by atoms with Gasteiger partial charge in [-0.05, 0) is 75.1 Å². The van der Waals surface area contributed by atoms with Crippen LogP contribution < -0.4 is 9.47 Å². The topological polar surface area (TPSA) is 70.8 Å². The van der Waals surface area contributed by atoms with Gasteiger partial charge in [0.1, 0.15) is 17.3 Å². The van der Waals surface area contributed by atoms with Crippen LogP contribution in [0.5, 0.6) is 11.5 Å². The molecular weight excluding hydrogens is 418 g/mol. The molecule has 3 aromatic rings. The molecule has 0 saturated heterocycles. The van der Waals surface area contributed by atoms with E-state index in [1.165, 1.54) is 0 Å². The Morgan fingerprint density at radius 2 is 1.76 bits per heavy atom. The molecule has 0 bridgehead atoms. The Labute approximate surface area is 194 Å². The summed E-state index contributed by atoms with van der Waals surface area (Å²) in [5.41, 5.74) is 2.59. The van der Waals surface area contributed by atoms with Crippen molar-refractivity contribution in [3.8, 4) is 23.0 Å². The van der Waals surface area contributed by atoms with Gasteiger partial charge in [0.25, 0.3) is 0 Å². The zero-order chi connectivity index (χ0) is 23.3. The largest absolute Gasteiger partial charge is 0.497 e. The second-order valence-corrected chi connectivity index (χ2v) is 8.52. The lowest BCUT2D eigenvalue weighted by Gasteiger charge is -2.39. The molecule has 0 amide bonds. The summed E-state index contributed by atoms with van der Waals surface area (Å²) < 4.78 is 22.3. The molecule has 0 radical (unpaired) electrons. The zero-order valence-electron chi connectivity index (χ0n) is 19.6. The van der Waals surface area contributed by atoms with Crippen molar-refractivity contribution in [3.05, 3.63) is 65.5 Å². The van der Waals surface area contributed by atoms with E-state index >= 15 is 0 Å². The lowest BCUT2D eigenvalue weighted by atomic mass is 9.65. The maximum atomic E-state index is 12.4. The summed E-state index contributed by atoms with van der Waals surface area (Å²) in [5, 5.41) is 0. The summed E-state index contributed by atoms with van der Waals surface area (Å²) in [5.74, 6) is 2.93. The van der Waals surface area contributed by atoms with E-state index in [-0.39, 0.29) is 11.4 Å². The van der Waals surface area contributed by atoms with Gasteiger partial charge in [-0.15, -0.1) is 0 Å². The van der Waals surface area contributed by atoms with Gasteiger partial charge in [-0.25, -0.2) is 4.98 Å². The zero-order valence-corrected chi connectivity index (χ0v) is 19.6. The Morgan fingerprint density at radius 1 is 1.06 bits per heavy atom. The molecule has 4 rings (SSSR count). The number of rotatable bonds is 10. The molecule has 0 aliphatic heterocycles. The maximum Gasteiger partial charge on any atom is 0.312 e. The molecule has 0 atom stereocenters. The molecule has 6 nitrogen and oxygen atoms in total. The molecule has 1 aliphatic rings. The molecule has 6 heteroatoms. The molecule has 1 fully saturated rings. The van der Waals surface area contributed by atoms with E-state index in [1.807, 2.05) is 62.4 Å². The van der Waals surface area contributed by atoms with Crippen molar-refractivity contribution >= 4 is 5.97 Å². The summed E-state index contributed by atoms with van der Waals surface area (Å²) in [4.78, 5) is 17.0. The number of carbonyl (C=O) groups excluding carboxylic acids is 1. The van der Waals surface area contributed by atoms with Crippen LogP contribution >= 0.6 is 0 Å². The van der Waals surface area contributed by atoms with Gasteiger partial charge >= 0.3 is 5.97 Å². The van der Waals surface area contributed by atoms with Crippen LogP contribution in [-0.2, 0) is 22.4 Å². The Bertz CT molecular complexity index is 1060. The van der Waals surface area contributed by atoms with Crippen LogP contribution in [0.15, 0.2) is 52.9 Å². The standard InChI is InChI=1S/C27H31NO5/c1-4-31-26(29)27(15-5-16-27)18-20-6-10-23(11-7-20)32-17-14-24-19(2)33-25(28-24)21-8-12-22(30-3)13-9-21/h6-13H,4-5,14-18H2,1-3H3. The highest BCUT2D eigenvalue weighted by Gasteiger charge is 2.45. The second-order valence-electron chi connectivity index (χ2n) is 8.52. The Hall–Kier alpha value is -3.28. The normalized spacial score (nSPS) is 14.4. The van der Waals surface area contributed by atoms with Crippen LogP contribution in [0.25, 0.3) is 11.5 Å². The second kappa shape index (κ2) is 10.1. The van der Waals surface area contributed by atoms with Crippen LogP contribution in [0.3, 0.4) is 0 Å². The number of esters is 1. The van der Waals surface area contributed by atoms with Crippen LogP contribution in [0, 0.1) is 12.3 Å². The van der Waals surface area contributed by atoms with Crippen molar-refractivity contribution in [2.45, 2.75) is 46.0 Å². The van der Waals surface area contributed by atoms with Crippen LogP contribution in [-0.4, -0.2) is 31.3 Å². The highest BCUT2D eigenvalue weighted by atomic mass is 16.5. The van der Waals surface area contributed by atoms with Gasteiger partial charge < -0.3 is 18.6 Å². The first-order chi connectivity index (χ1) is 16.0. The molecule has 1 aliphatic carbocycles. The van der Waals surface area contributed by atoms with E-state index < -0.39 is 0 Å². The molecule has 0 spiro atoms. The third-order valence-electron chi connectivity index (χ3n) is 6.32. The summed E-state index contributed by atoms with van der Waals surface area (Å²) >= 11 is 0. The van der Waals surface area contributed by atoms with Gasteiger partial charge in [0.2, 0.25) is 5.89 Å². The fourth-order valence-electron chi connectivity index (χ4n) is 4.22. The van der Waals surface area contributed by atoms with Gasteiger partial charge in [0.05, 0.1) is 31.4 Å². The first-order valence-corrected chi connectivity index (χ1v) is 11.5. The summed E-state index contributed by atoms with van der Waals surface area (Å²) in [6, 6.07) is 15.6. The lowest BCUT2D eigenvalue weighted by molar-refractivity contribution is -0.161. The summed E-state index contributed by atoms with van der Waals surface area (Å²) in [6.45, 7) is 4.71. The van der Waals surface area contributed by atoms with Crippen molar-refractivity contribution in [3.63, 3.8) is 0 Å². The smallest absolute Gasteiger partial charge is 0.312 e. The fourth-order valence-corrected chi connectivity index (χ4v) is 4.22. The molecule has 174 valence electrons. The number of hydrogen-bond acceptors (Lipinski definition) is 6. The third kappa shape index (κ3) is 5.21. The van der Waals surface area contributed by atoms with Crippen molar-refractivity contribution in [1.29, 1.82) is 0 Å². The fraction of sp³-hybridized carbons (Fsp3) is 0.407. The maximum absolute atomic E-state index is 12.4. The number of oxazole rings is 1. The lowest BCUT2D eigenvalue weighted by Crippen LogP contribution is -2.41. The molecule has 2 aromatic carbocycles. The third-order valence-corrected chi connectivity index (χ3v) is 6.32. The number of carbonyl (C=O) groups is 1. The first kappa shape index (κ1) is 22.9. The minimum atomic E-state index is -0.343. The Kier molecular flexibility index (Phi) is 7.02. The van der Waals surface area contributed by atoms with Crippen molar-refractivity contribution in [2.24, 2.45) is 5.41 Å². The minimum Gasteiger partial charge on any atom is -0.497 e. The Balaban J connectivity index is 1.31. The van der Waals surface area contributed by atoms with Crippen LogP contribution in [0.1, 0.15) is 43.2 Å². The molecule has 0 N–H and O–H groups in total. The van der Waals surface area contributed by atoms with E-state index in [2.05, 4.69) is 4.98 Å². The minimum absolute atomic E-state index is 0.0615. The van der Waals surface area contributed by atoms with Gasteiger partial charge in [-0.3, -0.25) is 4.79 Å². The van der Waals surface area contributed by atoms with Gasteiger partial charge in [-0.1, -0.05) is 18.6 Å². The molecule has 1 aromatic heterocycles. The number of hydrogen-bond donors (Lipinski definition) is 0. The average molecular weight is 450 g/mol. The molecule has 1 saturated carbocycles. The van der Waals surface area contributed by atoms with Gasteiger partial charge in [-0.2, -0.15) is 0 Å². The number of ether oxygens (including phenoxy) is 3. The quantitative estimate of drug-likeness (QED) is 0.378. The van der Waals surface area contributed by atoms with Crippen molar-refractivity contribution in [1.82, 2.24) is 4.98 Å². The highest BCUT2D eigenvalue weighted by molar-refractivity contribution is 5.78. The average Bonchev–Trinajstić information content (AvgIpc) is 3.18. The SMILES string of the molecule is CCOC(=O)C1(Cc2ccc(OCCc3nc(-c4ccc(OC)cc4)oc3C)cc2)CCC1. The molecule has 0 unspecified atom stereocenters. The van der Waals surface area contributed by atoms with E-state index in [4.69, 9.17) is 18.6 Å². The molecular formula is C27H31NO5. The number of aryl methyl sites for hydroxylation is 1. The molecule has 1 heterocycles. The number of aromatic nitrogens is 1. The van der Waals surface area contributed by atoms with E-state index in [0.717, 1.165) is 59.8 Å². The Morgan fingerprint density at radius 3 is 2.36 bits per heavy atom. The van der Waals surface area contributed by atoms with Crippen LogP contribution in [0.4, 0.5) is 0 Å². The van der Waals surface area contributed by atoms with E-state index in [9.17, 15) is 4.79 Å². The predicted molar refractivity (Wildman–Crippen MR) is 125 cm³/mol. The summed E-state index contributed by atoms with van der Waals surface area (Å²) in [7, 11) is 1.64. The van der Waals surface area contributed by atoms with Crippen molar-refractivity contribution in [2.75, 3.05) is 20.3 Å². The number of benzene rings is 2. The van der Waals surface area contributed by atoms with Crippen molar-refractivity contribution < 1.29 is 23.4 Å². The highest BCUT2D eigenvalue weighted by Crippen LogP contribution is 2.45. The predicted octanol–water partition coefficient (Wildman–Crippen LogP) is 5.56.